The molecule has 0 N–H and O–H groups in total. The highest BCUT2D eigenvalue weighted by Gasteiger charge is 2.21. The Morgan fingerprint density at radius 2 is 1.93 bits per heavy atom. The van der Waals surface area contributed by atoms with E-state index in [0.717, 1.165) is 10.1 Å². The van der Waals surface area contributed by atoms with Crippen LogP contribution in [0.2, 0.25) is 0 Å². The zero-order chi connectivity index (χ0) is 20.7. The number of nitrogens with zero attached hydrogens (tertiary/aromatic N) is 6. The second-order valence-corrected chi connectivity index (χ2v) is 6.58. The molecule has 0 atom stereocenters. The summed E-state index contributed by atoms with van der Waals surface area (Å²) in [6, 6.07) is 7.68. The first-order chi connectivity index (χ1) is 13.9. The average Bonchev–Trinajstić information content (AvgIpc) is 3.08. The minimum atomic E-state index is -0.646. The molecule has 1 aromatic carbocycles. The summed E-state index contributed by atoms with van der Waals surface area (Å²) in [4.78, 5) is 30.5. The van der Waals surface area contributed by atoms with Gasteiger partial charge in [0.2, 0.25) is 0 Å². The molecule has 0 saturated carbocycles. The number of nitriles is 1. The van der Waals surface area contributed by atoms with Crippen molar-refractivity contribution >= 4 is 10.9 Å². The Kier molecular flexibility index (Phi) is 4.31. The van der Waals surface area contributed by atoms with Crippen LogP contribution in [-0.2, 0) is 6.54 Å². The molecule has 0 amide bonds. The van der Waals surface area contributed by atoms with E-state index in [4.69, 9.17) is 0 Å². The maximum atomic E-state index is 13.6. The van der Waals surface area contributed by atoms with Gasteiger partial charge >= 0.3 is 5.69 Å². The fourth-order valence-corrected chi connectivity index (χ4v) is 3.31. The molecule has 9 heteroatoms. The molecule has 0 bridgehead atoms. The third-order valence-electron chi connectivity index (χ3n) is 4.66. The van der Waals surface area contributed by atoms with E-state index in [0.29, 0.717) is 10.9 Å². The molecule has 0 spiro atoms. The zero-order valence-electron chi connectivity index (χ0n) is 15.6. The number of hydrogen-bond acceptors (Lipinski definition) is 5. The van der Waals surface area contributed by atoms with Gasteiger partial charge in [-0.1, -0.05) is 0 Å². The molecule has 0 fully saturated rings. The highest BCUT2D eigenvalue weighted by molar-refractivity contribution is 5.80. The van der Waals surface area contributed by atoms with Crippen molar-refractivity contribution in [3.8, 4) is 17.4 Å². The maximum Gasteiger partial charge on any atom is 0.336 e. The van der Waals surface area contributed by atoms with Crippen LogP contribution in [-0.4, -0.2) is 23.9 Å². The van der Waals surface area contributed by atoms with Gasteiger partial charge in [0.05, 0.1) is 35.4 Å². The summed E-state index contributed by atoms with van der Waals surface area (Å²) in [6.45, 7) is 3.12. The summed E-state index contributed by atoms with van der Waals surface area (Å²) >= 11 is 0. The second kappa shape index (κ2) is 6.83. The number of aryl methyl sites for hydroxylation is 1. The van der Waals surface area contributed by atoms with Gasteiger partial charge in [0.1, 0.15) is 12.4 Å². The highest BCUT2D eigenvalue weighted by atomic mass is 19.1. The van der Waals surface area contributed by atoms with Gasteiger partial charge < -0.3 is 0 Å². The van der Waals surface area contributed by atoms with Gasteiger partial charge in [0, 0.05) is 11.6 Å². The van der Waals surface area contributed by atoms with E-state index in [-0.39, 0.29) is 23.6 Å². The van der Waals surface area contributed by atoms with Gasteiger partial charge in [-0.3, -0.25) is 14.3 Å². The Balaban J connectivity index is 2.13. The van der Waals surface area contributed by atoms with E-state index >= 15 is 0 Å². The van der Waals surface area contributed by atoms with E-state index in [2.05, 4.69) is 10.1 Å². The molecule has 3 heterocycles. The summed E-state index contributed by atoms with van der Waals surface area (Å²) < 4.78 is 17.1. The van der Waals surface area contributed by atoms with Crippen molar-refractivity contribution < 1.29 is 4.39 Å². The topological polar surface area (TPSA) is 98.5 Å². The molecule has 3 aromatic heterocycles. The number of benzene rings is 1. The molecule has 0 radical (unpaired) electrons. The normalized spacial score (nSPS) is 11.0. The predicted octanol–water partition coefficient (Wildman–Crippen LogP) is 2.01. The third kappa shape index (κ3) is 2.91. The van der Waals surface area contributed by atoms with Gasteiger partial charge in [-0.05, 0) is 43.7 Å². The predicted molar refractivity (Wildman–Crippen MR) is 104 cm³/mol. The first kappa shape index (κ1) is 18.3. The Hall–Kier alpha value is -4.06. The van der Waals surface area contributed by atoms with Gasteiger partial charge in [-0.2, -0.15) is 10.4 Å². The monoisotopic (exact) mass is 390 g/mol. The van der Waals surface area contributed by atoms with Crippen LogP contribution in [0.25, 0.3) is 22.3 Å². The largest absolute Gasteiger partial charge is 0.336 e. The van der Waals surface area contributed by atoms with Crippen molar-refractivity contribution in [3.05, 3.63) is 80.8 Å². The Labute approximate surface area is 163 Å². The molecule has 0 unspecified atom stereocenters. The van der Waals surface area contributed by atoms with Crippen LogP contribution in [0, 0.1) is 31.0 Å². The molecule has 0 saturated heterocycles. The lowest BCUT2D eigenvalue weighted by Crippen LogP contribution is -2.42. The minimum Gasteiger partial charge on any atom is -0.282 e. The van der Waals surface area contributed by atoms with E-state index in [1.54, 1.807) is 26.1 Å². The molecule has 0 aliphatic rings. The van der Waals surface area contributed by atoms with E-state index < -0.39 is 17.1 Å². The molecule has 0 aliphatic carbocycles. The van der Waals surface area contributed by atoms with Gasteiger partial charge in [-0.25, -0.2) is 18.4 Å². The number of fused-ring (bicyclic) bond motifs is 1. The quantitative estimate of drug-likeness (QED) is 0.533. The van der Waals surface area contributed by atoms with Crippen LogP contribution in [0.3, 0.4) is 0 Å². The van der Waals surface area contributed by atoms with E-state index in [9.17, 15) is 19.2 Å². The second-order valence-electron chi connectivity index (χ2n) is 6.58. The van der Waals surface area contributed by atoms with Crippen molar-refractivity contribution in [1.82, 2.24) is 23.9 Å². The van der Waals surface area contributed by atoms with E-state index in [1.165, 1.54) is 39.8 Å². The molecular formula is C20H15FN6O2. The van der Waals surface area contributed by atoms with Gasteiger partial charge in [0.25, 0.3) is 5.56 Å². The zero-order valence-corrected chi connectivity index (χ0v) is 15.6. The van der Waals surface area contributed by atoms with Crippen LogP contribution < -0.4 is 11.2 Å². The van der Waals surface area contributed by atoms with Gasteiger partial charge in [-0.15, -0.1) is 0 Å². The summed E-state index contributed by atoms with van der Waals surface area (Å²) in [5.74, 6) is -0.425. The van der Waals surface area contributed by atoms with Crippen LogP contribution in [0.15, 0.2) is 52.4 Å². The lowest BCUT2D eigenvalue weighted by atomic mass is 10.2. The molecule has 4 aromatic rings. The Bertz CT molecular complexity index is 1420. The minimum absolute atomic E-state index is 0.1000. The number of rotatable bonds is 3. The van der Waals surface area contributed by atoms with Crippen molar-refractivity contribution in [2.45, 2.75) is 20.4 Å². The van der Waals surface area contributed by atoms with Gasteiger partial charge in [0.15, 0.2) is 5.69 Å². The van der Waals surface area contributed by atoms with Crippen LogP contribution in [0.1, 0.15) is 11.3 Å². The third-order valence-corrected chi connectivity index (χ3v) is 4.66. The standard InChI is InChI=1S/C20H15FN6O2/c1-12-7-16(11-23-9-12)26-19(28)18(13(2)25(6-5-22)20(26)29)27-17-4-3-15(21)8-14(17)10-24-27/h3-4,7-11H,6H2,1-2H3. The number of hydrogen-bond donors (Lipinski definition) is 0. The Morgan fingerprint density at radius 1 is 1.14 bits per heavy atom. The molecule has 0 aliphatic heterocycles. The lowest BCUT2D eigenvalue weighted by molar-refractivity contribution is 0.629. The van der Waals surface area contributed by atoms with Crippen molar-refractivity contribution in [2.75, 3.05) is 0 Å². The Morgan fingerprint density at radius 3 is 2.66 bits per heavy atom. The fraction of sp³-hybridized carbons (Fsp3) is 0.150. The van der Waals surface area contributed by atoms with Crippen LogP contribution in [0.5, 0.6) is 0 Å². The van der Waals surface area contributed by atoms with E-state index in [1.807, 2.05) is 6.07 Å². The fourth-order valence-electron chi connectivity index (χ4n) is 3.31. The molecule has 144 valence electrons. The molecular weight excluding hydrogens is 375 g/mol. The van der Waals surface area contributed by atoms with Crippen LogP contribution in [0.4, 0.5) is 4.39 Å². The van der Waals surface area contributed by atoms with Crippen molar-refractivity contribution in [1.29, 1.82) is 5.26 Å². The summed E-state index contributed by atoms with van der Waals surface area (Å²) in [5, 5.41) is 13.9. The van der Waals surface area contributed by atoms with Crippen molar-refractivity contribution in [3.63, 3.8) is 0 Å². The summed E-state index contributed by atoms with van der Waals surface area (Å²) in [6.07, 6.45) is 4.45. The first-order valence-corrected chi connectivity index (χ1v) is 8.71. The first-order valence-electron chi connectivity index (χ1n) is 8.71. The smallest absolute Gasteiger partial charge is 0.282 e. The molecule has 4 rings (SSSR count). The summed E-state index contributed by atoms with van der Waals surface area (Å²) in [7, 11) is 0. The number of halogens is 1. The highest BCUT2D eigenvalue weighted by Crippen LogP contribution is 2.19. The molecule has 29 heavy (non-hydrogen) atoms. The molecule has 8 nitrogen and oxygen atoms in total. The lowest BCUT2D eigenvalue weighted by Gasteiger charge is -2.16. The average molecular weight is 390 g/mol. The van der Waals surface area contributed by atoms with Crippen LogP contribution >= 0.6 is 0 Å². The maximum absolute atomic E-state index is 13.6. The van der Waals surface area contributed by atoms with Crippen molar-refractivity contribution in [2.24, 2.45) is 0 Å². The SMILES string of the molecule is Cc1cncc(-n2c(=O)c(-n3ncc4cc(F)ccc43)c(C)n(CC#N)c2=O)c1. The number of aromatic nitrogens is 5. The summed E-state index contributed by atoms with van der Waals surface area (Å²) in [5.41, 5.74) is 0.688. The number of pyridine rings is 1.